The summed E-state index contributed by atoms with van der Waals surface area (Å²) in [6, 6.07) is 8.10. The third kappa shape index (κ3) is 2.67. The molecule has 2 N–H and O–H groups in total. The number of halogens is 1. The first-order valence-corrected chi connectivity index (χ1v) is 5.45. The Balaban J connectivity index is 2.11. The summed E-state index contributed by atoms with van der Waals surface area (Å²) in [6.45, 7) is 0.00728. The molecule has 0 spiro atoms. The van der Waals surface area contributed by atoms with Crippen molar-refractivity contribution in [3.05, 3.63) is 52.0 Å². The number of imidazole rings is 1. The van der Waals surface area contributed by atoms with Crippen molar-refractivity contribution in [1.82, 2.24) is 9.97 Å². The first-order chi connectivity index (χ1) is 7.28. The lowest BCUT2D eigenvalue weighted by molar-refractivity contribution is 0.277. The van der Waals surface area contributed by atoms with Crippen LogP contribution in [0.15, 0.2) is 34.9 Å². The molecule has 78 valence electrons. The molecule has 3 nitrogen and oxygen atoms in total. The van der Waals surface area contributed by atoms with E-state index in [0.717, 1.165) is 22.4 Å². The highest BCUT2D eigenvalue weighted by Crippen LogP contribution is 2.12. The van der Waals surface area contributed by atoms with Crippen LogP contribution in [-0.4, -0.2) is 15.1 Å². The molecule has 1 heterocycles. The molecule has 0 unspecified atom stereocenters. The number of aromatic nitrogens is 2. The van der Waals surface area contributed by atoms with Gasteiger partial charge < -0.3 is 10.1 Å². The summed E-state index contributed by atoms with van der Waals surface area (Å²) in [7, 11) is 0. The molecule has 4 heteroatoms. The zero-order chi connectivity index (χ0) is 10.7. The number of hydrogen-bond acceptors (Lipinski definition) is 2. The monoisotopic (exact) mass is 266 g/mol. The first-order valence-electron chi connectivity index (χ1n) is 4.66. The summed E-state index contributed by atoms with van der Waals surface area (Å²) >= 11 is 3.39. The van der Waals surface area contributed by atoms with Crippen LogP contribution in [0.5, 0.6) is 0 Å². The van der Waals surface area contributed by atoms with Crippen LogP contribution < -0.4 is 0 Å². The largest absolute Gasteiger partial charge is 0.390 e. The molecule has 0 atom stereocenters. The molecule has 2 rings (SSSR count). The summed E-state index contributed by atoms with van der Waals surface area (Å²) in [4.78, 5) is 7.23. The maximum atomic E-state index is 8.88. The molecule has 0 saturated carbocycles. The van der Waals surface area contributed by atoms with Gasteiger partial charge in [-0.3, -0.25) is 0 Å². The third-order valence-electron chi connectivity index (χ3n) is 2.14. The summed E-state index contributed by atoms with van der Waals surface area (Å²) in [6.07, 6.45) is 2.42. The maximum Gasteiger partial charge on any atom is 0.110 e. The molecule has 0 aliphatic heterocycles. The van der Waals surface area contributed by atoms with Crippen LogP contribution in [0.1, 0.15) is 17.1 Å². The number of aliphatic hydroxyl groups is 1. The third-order valence-corrected chi connectivity index (χ3v) is 2.66. The number of rotatable bonds is 3. The highest BCUT2D eigenvalue weighted by molar-refractivity contribution is 9.10. The zero-order valence-electron chi connectivity index (χ0n) is 8.07. The zero-order valence-corrected chi connectivity index (χ0v) is 9.66. The minimum Gasteiger partial charge on any atom is -0.390 e. The second-order valence-corrected chi connectivity index (χ2v) is 4.23. The van der Waals surface area contributed by atoms with Crippen molar-refractivity contribution in [3.63, 3.8) is 0 Å². The molecule has 15 heavy (non-hydrogen) atoms. The van der Waals surface area contributed by atoms with Crippen molar-refractivity contribution in [2.75, 3.05) is 0 Å². The summed E-state index contributed by atoms with van der Waals surface area (Å²) < 4.78 is 1.07. The number of aromatic amines is 1. The second kappa shape index (κ2) is 4.59. The van der Waals surface area contributed by atoms with Crippen LogP contribution in [0.2, 0.25) is 0 Å². The van der Waals surface area contributed by atoms with Crippen LogP contribution in [0.4, 0.5) is 0 Å². The van der Waals surface area contributed by atoms with Crippen molar-refractivity contribution < 1.29 is 5.11 Å². The molecule has 1 aromatic carbocycles. The molecule has 0 aliphatic rings. The lowest BCUT2D eigenvalue weighted by atomic mass is 10.1. The van der Waals surface area contributed by atoms with Gasteiger partial charge in [0.05, 0.1) is 18.5 Å². The van der Waals surface area contributed by atoms with Crippen molar-refractivity contribution in [2.45, 2.75) is 13.0 Å². The smallest absolute Gasteiger partial charge is 0.110 e. The Morgan fingerprint density at radius 2 is 2.00 bits per heavy atom. The Labute approximate surface area is 96.3 Å². The number of benzene rings is 1. The van der Waals surface area contributed by atoms with Gasteiger partial charge in [0.2, 0.25) is 0 Å². The molecule has 2 aromatic rings. The predicted molar refractivity (Wildman–Crippen MR) is 61.5 cm³/mol. The number of aliphatic hydroxyl groups excluding tert-OH is 1. The van der Waals surface area contributed by atoms with Crippen LogP contribution >= 0.6 is 15.9 Å². The standard InChI is InChI=1S/C11H11BrN2O/c12-9-3-1-8(2-4-9)5-11-13-6-10(7-15)14-11/h1-4,6,15H,5,7H2,(H,13,14). The molecule has 1 aromatic heterocycles. The van der Waals surface area contributed by atoms with Gasteiger partial charge in [0.15, 0.2) is 0 Å². The van der Waals surface area contributed by atoms with E-state index >= 15 is 0 Å². The van der Waals surface area contributed by atoms with Gasteiger partial charge in [-0.25, -0.2) is 4.98 Å². The van der Waals surface area contributed by atoms with Gasteiger partial charge in [-0.05, 0) is 17.7 Å². The Morgan fingerprint density at radius 3 is 2.60 bits per heavy atom. The van der Waals surface area contributed by atoms with Crippen LogP contribution in [0.3, 0.4) is 0 Å². The van der Waals surface area contributed by atoms with Crippen molar-refractivity contribution in [3.8, 4) is 0 Å². The fourth-order valence-electron chi connectivity index (χ4n) is 1.37. The lowest BCUT2D eigenvalue weighted by Crippen LogP contribution is -1.91. The van der Waals surface area contributed by atoms with E-state index in [1.54, 1.807) is 6.20 Å². The van der Waals surface area contributed by atoms with E-state index in [1.807, 2.05) is 24.3 Å². The molecular weight excluding hydrogens is 256 g/mol. The summed E-state index contributed by atoms with van der Waals surface area (Å²) in [5, 5.41) is 8.88. The van der Waals surface area contributed by atoms with Crippen LogP contribution in [0, 0.1) is 0 Å². The number of nitrogens with zero attached hydrogens (tertiary/aromatic N) is 1. The predicted octanol–water partition coefficient (Wildman–Crippen LogP) is 2.26. The van der Waals surface area contributed by atoms with E-state index in [9.17, 15) is 0 Å². The first kappa shape index (κ1) is 10.4. The Bertz CT molecular complexity index is 436. The van der Waals surface area contributed by atoms with Crippen molar-refractivity contribution >= 4 is 15.9 Å². The van der Waals surface area contributed by atoms with Gasteiger partial charge >= 0.3 is 0 Å². The van der Waals surface area contributed by atoms with Gasteiger partial charge in [0.1, 0.15) is 5.82 Å². The molecule has 0 radical (unpaired) electrons. The van der Waals surface area contributed by atoms with Crippen molar-refractivity contribution in [1.29, 1.82) is 0 Å². The number of H-pyrrole nitrogens is 1. The fourth-order valence-corrected chi connectivity index (χ4v) is 1.64. The SMILES string of the molecule is OCc1cnc(Cc2ccc(Br)cc2)[nH]1. The molecule has 0 fully saturated rings. The number of nitrogens with one attached hydrogen (secondary N) is 1. The topological polar surface area (TPSA) is 48.9 Å². The van der Waals surface area contributed by atoms with Gasteiger partial charge in [-0.2, -0.15) is 0 Å². The maximum absolute atomic E-state index is 8.88. The molecule has 0 bridgehead atoms. The Kier molecular flexibility index (Phi) is 3.18. The molecule has 0 saturated heterocycles. The van der Waals surface area contributed by atoms with Crippen LogP contribution in [0.25, 0.3) is 0 Å². The van der Waals surface area contributed by atoms with E-state index in [-0.39, 0.29) is 6.61 Å². The summed E-state index contributed by atoms with van der Waals surface area (Å²) in [5.74, 6) is 0.876. The molecular formula is C11H11BrN2O. The van der Waals surface area contributed by atoms with Gasteiger partial charge in [0, 0.05) is 10.9 Å². The van der Waals surface area contributed by atoms with E-state index in [2.05, 4.69) is 25.9 Å². The molecule has 0 amide bonds. The highest BCUT2D eigenvalue weighted by Gasteiger charge is 2.01. The minimum absolute atomic E-state index is 0.00728. The number of hydrogen-bond donors (Lipinski definition) is 2. The van der Waals surface area contributed by atoms with E-state index < -0.39 is 0 Å². The summed E-state index contributed by atoms with van der Waals surface area (Å²) in [5.41, 5.74) is 1.94. The van der Waals surface area contributed by atoms with Crippen molar-refractivity contribution in [2.24, 2.45) is 0 Å². The minimum atomic E-state index is 0.00728. The normalized spacial score (nSPS) is 10.5. The highest BCUT2D eigenvalue weighted by atomic mass is 79.9. The average molecular weight is 267 g/mol. The van der Waals surface area contributed by atoms with E-state index in [4.69, 9.17) is 5.11 Å². The van der Waals surface area contributed by atoms with Gasteiger partial charge in [-0.15, -0.1) is 0 Å². The Hall–Kier alpha value is -1.13. The second-order valence-electron chi connectivity index (χ2n) is 3.32. The van der Waals surface area contributed by atoms with Gasteiger partial charge in [0.25, 0.3) is 0 Å². The van der Waals surface area contributed by atoms with E-state index in [0.29, 0.717) is 0 Å². The average Bonchev–Trinajstić information content (AvgIpc) is 2.69. The fraction of sp³-hybridized carbons (Fsp3) is 0.182. The molecule has 0 aliphatic carbocycles. The Morgan fingerprint density at radius 1 is 1.27 bits per heavy atom. The van der Waals surface area contributed by atoms with Crippen LogP contribution in [-0.2, 0) is 13.0 Å². The van der Waals surface area contributed by atoms with E-state index in [1.165, 1.54) is 5.56 Å². The van der Waals surface area contributed by atoms with Gasteiger partial charge in [-0.1, -0.05) is 28.1 Å². The quantitative estimate of drug-likeness (QED) is 0.896. The lowest BCUT2D eigenvalue weighted by Gasteiger charge is -1.98.